The molecule has 1 unspecified atom stereocenters. The number of rotatable bonds is 6. The highest BCUT2D eigenvalue weighted by Gasteiger charge is 2.19. The van der Waals surface area contributed by atoms with Crippen molar-refractivity contribution in [3.05, 3.63) is 34.1 Å². The Bertz CT molecular complexity index is 338. The molecule has 0 amide bonds. The van der Waals surface area contributed by atoms with Crippen LogP contribution in [0.4, 0.5) is 4.39 Å². The number of ether oxygens (including phenoxy) is 2. The fourth-order valence-corrected chi connectivity index (χ4v) is 2.25. The maximum Gasteiger partial charge on any atom is 0.172 e. The van der Waals surface area contributed by atoms with Crippen LogP contribution in [0.2, 0.25) is 0 Å². The predicted octanol–water partition coefficient (Wildman–Crippen LogP) is 2.34. The Hall–Kier alpha value is -0.490. The molecule has 0 fully saturated rings. The van der Waals surface area contributed by atoms with E-state index < -0.39 is 0 Å². The van der Waals surface area contributed by atoms with Gasteiger partial charge in [-0.1, -0.05) is 15.9 Å². The first kappa shape index (κ1) is 14.6. The summed E-state index contributed by atoms with van der Waals surface area (Å²) in [7, 11) is 4.99. The second-order valence-electron chi connectivity index (χ2n) is 3.72. The van der Waals surface area contributed by atoms with Crippen LogP contribution in [-0.2, 0) is 15.9 Å². The van der Waals surface area contributed by atoms with Gasteiger partial charge in [0.05, 0.1) is 6.04 Å². The molecule has 0 aromatic heterocycles. The molecule has 1 N–H and O–H groups in total. The van der Waals surface area contributed by atoms with Crippen molar-refractivity contribution in [3.63, 3.8) is 0 Å². The van der Waals surface area contributed by atoms with Crippen LogP contribution >= 0.6 is 15.9 Å². The van der Waals surface area contributed by atoms with E-state index in [0.717, 1.165) is 10.0 Å². The summed E-state index contributed by atoms with van der Waals surface area (Å²) in [6.07, 6.45) is 0.265. The Morgan fingerprint density at radius 3 is 2.41 bits per heavy atom. The molecule has 5 heteroatoms. The SMILES string of the molecule is CNC(Cc1cc(F)cc(Br)c1)C(OC)OC. The zero-order chi connectivity index (χ0) is 12.8. The van der Waals surface area contributed by atoms with Gasteiger partial charge in [-0.3, -0.25) is 0 Å². The van der Waals surface area contributed by atoms with E-state index in [-0.39, 0.29) is 18.1 Å². The van der Waals surface area contributed by atoms with E-state index >= 15 is 0 Å². The first-order chi connectivity index (χ1) is 8.10. The molecule has 0 heterocycles. The van der Waals surface area contributed by atoms with Gasteiger partial charge in [-0.05, 0) is 37.2 Å². The van der Waals surface area contributed by atoms with Gasteiger partial charge in [-0.25, -0.2) is 4.39 Å². The summed E-state index contributed by atoms with van der Waals surface area (Å²) in [5, 5.41) is 3.10. The highest BCUT2D eigenvalue weighted by molar-refractivity contribution is 9.10. The van der Waals surface area contributed by atoms with Crippen LogP contribution in [0.1, 0.15) is 5.56 Å². The van der Waals surface area contributed by atoms with E-state index in [2.05, 4.69) is 21.2 Å². The zero-order valence-electron chi connectivity index (χ0n) is 10.2. The monoisotopic (exact) mass is 305 g/mol. The van der Waals surface area contributed by atoms with Gasteiger partial charge in [-0.2, -0.15) is 0 Å². The van der Waals surface area contributed by atoms with Crippen molar-refractivity contribution in [2.45, 2.75) is 18.8 Å². The Kier molecular flexibility index (Phi) is 6.05. The van der Waals surface area contributed by atoms with Crippen molar-refractivity contribution < 1.29 is 13.9 Å². The molecular weight excluding hydrogens is 289 g/mol. The minimum absolute atomic E-state index is 0.0290. The molecule has 0 spiro atoms. The molecule has 1 aromatic rings. The van der Waals surface area contributed by atoms with Gasteiger partial charge in [0.25, 0.3) is 0 Å². The molecular formula is C12H17BrFNO2. The van der Waals surface area contributed by atoms with E-state index in [4.69, 9.17) is 9.47 Å². The van der Waals surface area contributed by atoms with Gasteiger partial charge in [0, 0.05) is 18.7 Å². The van der Waals surface area contributed by atoms with Crippen LogP contribution in [0, 0.1) is 5.82 Å². The van der Waals surface area contributed by atoms with Gasteiger partial charge in [0.2, 0.25) is 0 Å². The second-order valence-corrected chi connectivity index (χ2v) is 4.63. The third-order valence-electron chi connectivity index (χ3n) is 2.54. The molecule has 0 bridgehead atoms. The van der Waals surface area contributed by atoms with Gasteiger partial charge < -0.3 is 14.8 Å². The maximum atomic E-state index is 13.2. The molecule has 1 rings (SSSR count). The molecule has 3 nitrogen and oxygen atoms in total. The number of halogens is 2. The number of benzene rings is 1. The number of likely N-dealkylation sites (N-methyl/N-ethyl adjacent to an activating group) is 1. The summed E-state index contributed by atoms with van der Waals surface area (Å²) in [5.41, 5.74) is 0.885. The topological polar surface area (TPSA) is 30.5 Å². The number of hydrogen-bond donors (Lipinski definition) is 1. The van der Waals surface area contributed by atoms with Gasteiger partial charge in [0.1, 0.15) is 5.82 Å². The molecule has 1 atom stereocenters. The van der Waals surface area contributed by atoms with Crippen molar-refractivity contribution in [1.29, 1.82) is 0 Å². The van der Waals surface area contributed by atoms with E-state index in [0.29, 0.717) is 6.42 Å². The molecule has 96 valence electrons. The van der Waals surface area contributed by atoms with E-state index in [1.165, 1.54) is 12.1 Å². The number of methoxy groups -OCH3 is 2. The van der Waals surface area contributed by atoms with E-state index in [1.807, 2.05) is 13.1 Å². The summed E-state index contributed by atoms with van der Waals surface area (Å²) in [4.78, 5) is 0. The summed E-state index contributed by atoms with van der Waals surface area (Å²) < 4.78 is 24.4. The van der Waals surface area contributed by atoms with Crippen LogP contribution in [-0.4, -0.2) is 33.6 Å². The fourth-order valence-electron chi connectivity index (χ4n) is 1.74. The molecule has 0 saturated carbocycles. The Morgan fingerprint density at radius 1 is 1.29 bits per heavy atom. The number of hydrogen-bond acceptors (Lipinski definition) is 3. The van der Waals surface area contributed by atoms with Crippen LogP contribution in [0.3, 0.4) is 0 Å². The Morgan fingerprint density at radius 2 is 1.94 bits per heavy atom. The normalized spacial score (nSPS) is 13.1. The minimum Gasteiger partial charge on any atom is -0.354 e. The quantitative estimate of drug-likeness (QED) is 0.818. The average molecular weight is 306 g/mol. The number of nitrogens with one attached hydrogen (secondary N) is 1. The van der Waals surface area contributed by atoms with Crippen molar-refractivity contribution in [3.8, 4) is 0 Å². The first-order valence-corrected chi connectivity index (χ1v) is 6.07. The second kappa shape index (κ2) is 7.06. The molecule has 17 heavy (non-hydrogen) atoms. The summed E-state index contributed by atoms with van der Waals surface area (Å²) in [5.74, 6) is -0.254. The summed E-state index contributed by atoms with van der Waals surface area (Å²) in [6, 6.07) is 4.80. The van der Waals surface area contributed by atoms with Gasteiger partial charge in [0.15, 0.2) is 6.29 Å². The van der Waals surface area contributed by atoms with Crippen LogP contribution in [0.15, 0.2) is 22.7 Å². The van der Waals surface area contributed by atoms with E-state index in [1.54, 1.807) is 14.2 Å². The maximum absolute atomic E-state index is 13.2. The first-order valence-electron chi connectivity index (χ1n) is 5.28. The molecule has 0 aliphatic carbocycles. The summed E-state index contributed by atoms with van der Waals surface area (Å²) >= 11 is 3.27. The van der Waals surface area contributed by atoms with Crippen LogP contribution in [0.25, 0.3) is 0 Å². The standard InChI is InChI=1S/C12H17BrFNO2/c1-15-11(12(16-2)17-3)6-8-4-9(13)7-10(14)5-8/h4-5,7,11-12,15H,6H2,1-3H3. The Labute approximate surface area is 109 Å². The average Bonchev–Trinajstić information content (AvgIpc) is 2.27. The lowest BCUT2D eigenvalue weighted by Crippen LogP contribution is -2.41. The largest absolute Gasteiger partial charge is 0.354 e. The minimum atomic E-state index is -0.359. The molecule has 0 aliphatic heterocycles. The fraction of sp³-hybridized carbons (Fsp3) is 0.500. The summed E-state index contributed by atoms with van der Waals surface area (Å²) in [6.45, 7) is 0. The third kappa shape index (κ3) is 4.35. The van der Waals surface area contributed by atoms with Crippen molar-refractivity contribution >= 4 is 15.9 Å². The molecule has 1 aromatic carbocycles. The lowest BCUT2D eigenvalue weighted by Gasteiger charge is -2.24. The predicted molar refractivity (Wildman–Crippen MR) is 68.5 cm³/mol. The zero-order valence-corrected chi connectivity index (χ0v) is 11.8. The van der Waals surface area contributed by atoms with Crippen molar-refractivity contribution in [2.75, 3.05) is 21.3 Å². The molecule has 0 radical (unpaired) electrons. The highest BCUT2D eigenvalue weighted by Crippen LogP contribution is 2.17. The van der Waals surface area contributed by atoms with Gasteiger partial charge in [-0.15, -0.1) is 0 Å². The Balaban J connectivity index is 2.79. The van der Waals surface area contributed by atoms with Crippen LogP contribution < -0.4 is 5.32 Å². The van der Waals surface area contributed by atoms with Crippen molar-refractivity contribution in [2.24, 2.45) is 0 Å². The smallest absolute Gasteiger partial charge is 0.172 e. The lowest BCUT2D eigenvalue weighted by atomic mass is 10.1. The lowest BCUT2D eigenvalue weighted by molar-refractivity contribution is -0.121. The molecule has 0 saturated heterocycles. The third-order valence-corrected chi connectivity index (χ3v) is 3.00. The molecule has 0 aliphatic rings. The van der Waals surface area contributed by atoms with E-state index in [9.17, 15) is 4.39 Å². The van der Waals surface area contributed by atoms with Crippen LogP contribution in [0.5, 0.6) is 0 Å². The van der Waals surface area contributed by atoms with Crippen molar-refractivity contribution in [1.82, 2.24) is 5.32 Å². The van der Waals surface area contributed by atoms with Gasteiger partial charge >= 0.3 is 0 Å². The highest BCUT2D eigenvalue weighted by atomic mass is 79.9.